The lowest BCUT2D eigenvalue weighted by Crippen LogP contribution is -2.63. The van der Waals surface area contributed by atoms with Crippen LogP contribution in [0, 0.1) is 3.57 Å². The second-order valence-corrected chi connectivity index (χ2v) is 8.80. The summed E-state index contributed by atoms with van der Waals surface area (Å²) in [6.45, 7) is 3.88. The molecule has 0 aliphatic carbocycles. The average Bonchev–Trinajstić information content (AvgIpc) is 2.76. The van der Waals surface area contributed by atoms with Crippen molar-refractivity contribution in [2.75, 3.05) is 6.61 Å². The highest BCUT2D eigenvalue weighted by Gasteiger charge is 2.53. The van der Waals surface area contributed by atoms with E-state index in [2.05, 4.69) is 22.6 Å². The minimum atomic E-state index is -1.66. The molecule has 1 saturated heterocycles. The monoisotopic (exact) mass is 620 g/mol. The number of rotatable bonds is 9. The highest BCUT2D eigenvalue weighted by atomic mass is 127. The van der Waals surface area contributed by atoms with Crippen LogP contribution in [0.3, 0.4) is 0 Å². The number of carboxylic acids is 1. The summed E-state index contributed by atoms with van der Waals surface area (Å²) in [5.41, 5.74) is 0.485. The summed E-state index contributed by atoms with van der Waals surface area (Å²) in [4.78, 5) is 58.9. The molecule has 0 saturated carbocycles. The van der Waals surface area contributed by atoms with Gasteiger partial charge < -0.3 is 33.5 Å². The Kier molecular flexibility index (Phi) is 10.6. The minimum Gasteiger partial charge on any atom is -0.475 e. The van der Waals surface area contributed by atoms with E-state index in [1.54, 1.807) is 24.3 Å². The van der Waals surface area contributed by atoms with Gasteiger partial charge in [-0.25, -0.2) is 4.79 Å². The van der Waals surface area contributed by atoms with Gasteiger partial charge in [0.05, 0.1) is 0 Å². The molecular weight excluding hydrogens is 595 g/mol. The predicted molar refractivity (Wildman–Crippen MR) is 128 cm³/mol. The van der Waals surface area contributed by atoms with Crippen molar-refractivity contribution in [3.8, 4) is 0 Å². The number of benzene rings is 1. The normalized spacial score (nSPS) is 23.7. The van der Waals surface area contributed by atoms with Crippen LogP contribution < -0.4 is 0 Å². The van der Waals surface area contributed by atoms with Gasteiger partial charge in [0.2, 0.25) is 18.2 Å². The summed E-state index contributed by atoms with van der Waals surface area (Å²) < 4.78 is 33.1. The van der Waals surface area contributed by atoms with Crippen LogP contribution in [0.5, 0.6) is 0 Å². The molecule has 1 aromatic carbocycles. The third-order valence-electron chi connectivity index (χ3n) is 4.57. The first-order valence-corrected chi connectivity index (χ1v) is 11.6. The lowest BCUT2D eigenvalue weighted by Gasteiger charge is -2.43. The minimum absolute atomic E-state index is 0.471. The topological polar surface area (TPSA) is 161 Å². The number of halogens is 1. The van der Waals surface area contributed by atoms with Gasteiger partial charge in [-0.2, -0.15) is 0 Å². The Hall–Kier alpha value is -3.20. The molecule has 0 unspecified atom stereocenters. The zero-order valence-corrected chi connectivity index (χ0v) is 22.0. The largest absolute Gasteiger partial charge is 0.475 e. The molecular formula is C23H25IO12. The Morgan fingerprint density at radius 3 is 1.86 bits per heavy atom. The molecule has 0 amide bonds. The molecule has 1 fully saturated rings. The highest BCUT2D eigenvalue weighted by Crippen LogP contribution is 2.31. The molecule has 36 heavy (non-hydrogen) atoms. The molecule has 1 aliphatic heterocycles. The van der Waals surface area contributed by atoms with Crippen LogP contribution >= 0.6 is 22.6 Å². The first-order valence-electron chi connectivity index (χ1n) is 10.5. The Morgan fingerprint density at radius 1 is 0.833 bits per heavy atom. The van der Waals surface area contributed by atoms with Gasteiger partial charge in [0, 0.05) is 31.3 Å². The van der Waals surface area contributed by atoms with Crippen LogP contribution in [-0.2, 0) is 52.4 Å². The van der Waals surface area contributed by atoms with Gasteiger partial charge in [-0.05, 0) is 46.4 Å². The quantitative estimate of drug-likeness (QED) is 0.140. The van der Waals surface area contributed by atoms with Crippen LogP contribution in [0.2, 0.25) is 0 Å². The zero-order chi connectivity index (χ0) is 27.0. The Bertz CT molecular complexity index is 1020. The Labute approximate surface area is 219 Å². The van der Waals surface area contributed by atoms with E-state index in [0.717, 1.165) is 31.3 Å². The zero-order valence-electron chi connectivity index (χ0n) is 19.8. The number of ether oxygens (including phenoxy) is 6. The summed E-state index contributed by atoms with van der Waals surface area (Å²) in [6, 6.07) is 6.81. The second-order valence-electron chi connectivity index (χ2n) is 7.55. The van der Waals surface area contributed by atoms with Gasteiger partial charge in [0.25, 0.3) is 0 Å². The first kappa shape index (κ1) is 29.0. The van der Waals surface area contributed by atoms with Crippen molar-refractivity contribution < 1.29 is 57.5 Å². The van der Waals surface area contributed by atoms with Gasteiger partial charge >= 0.3 is 29.8 Å². The van der Waals surface area contributed by atoms with Crippen LogP contribution in [0.1, 0.15) is 33.3 Å². The fraction of sp³-hybridized carbons (Fsp3) is 0.435. The molecule has 0 bridgehead atoms. The third kappa shape index (κ3) is 8.78. The molecule has 13 heteroatoms. The molecule has 1 N–H and O–H groups in total. The molecule has 0 radical (unpaired) electrons. The molecule has 5 atom stereocenters. The maximum atomic E-state index is 12.0. The fourth-order valence-electron chi connectivity index (χ4n) is 3.27. The molecule has 1 heterocycles. The number of carbonyl (C=O) groups excluding carboxylic acids is 4. The van der Waals surface area contributed by atoms with Gasteiger partial charge in [0.15, 0.2) is 12.2 Å². The summed E-state index contributed by atoms with van der Waals surface area (Å²) >= 11 is 2.09. The fourth-order valence-corrected chi connectivity index (χ4v) is 3.62. The molecule has 196 valence electrons. The Morgan fingerprint density at radius 2 is 1.36 bits per heavy atom. The third-order valence-corrected chi connectivity index (χ3v) is 5.29. The highest BCUT2D eigenvalue weighted by molar-refractivity contribution is 14.1. The van der Waals surface area contributed by atoms with Crippen molar-refractivity contribution in [3.63, 3.8) is 0 Å². The van der Waals surface area contributed by atoms with E-state index in [0.29, 0.717) is 5.56 Å². The van der Waals surface area contributed by atoms with Crippen LogP contribution in [-0.4, -0.2) is 72.3 Å². The van der Waals surface area contributed by atoms with E-state index in [1.165, 1.54) is 6.08 Å². The summed E-state index contributed by atoms with van der Waals surface area (Å²) in [7, 11) is 0. The van der Waals surface area contributed by atoms with Crippen LogP contribution in [0.4, 0.5) is 0 Å². The molecule has 2 rings (SSSR count). The van der Waals surface area contributed by atoms with Crippen molar-refractivity contribution in [1.29, 1.82) is 0 Å². The lowest BCUT2D eigenvalue weighted by molar-refractivity contribution is -0.299. The standard InChI is InChI=1S/C23H25IO12/c1-11(25)31-10-18-19(32-12(2)26)20(33-13(3)27)21(34-14(4)28)23(36-18)35-17(22(29)30)9-15-5-7-16(24)8-6-15/h5-9,18-21,23H,10H2,1-4H3,(H,29,30)/b17-9-/t18-,19-,20+,21-,23-/m0/s1. The van der Waals surface area contributed by atoms with E-state index in [9.17, 15) is 29.1 Å². The smallest absolute Gasteiger partial charge is 0.371 e. The van der Waals surface area contributed by atoms with Crippen molar-refractivity contribution in [1.82, 2.24) is 0 Å². The van der Waals surface area contributed by atoms with Crippen LogP contribution in [0.25, 0.3) is 6.08 Å². The number of hydrogen-bond acceptors (Lipinski definition) is 11. The maximum absolute atomic E-state index is 12.0. The summed E-state index contributed by atoms with van der Waals surface area (Å²) in [5, 5.41) is 9.73. The van der Waals surface area contributed by atoms with Crippen molar-refractivity contribution in [2.24, 2.45) is 0 Å². The van der Waals surface area contributed by atoms with E-state index >= 15 is 0 Å². The van der Waals surface area contributed by atoms with Gasteiger partial charge in [-0.3, -0.25) is 19.2 Å². The Balaban J connectivity index is 2.52. The van der Waals surface area contributed by atoms with Gasteiger partial charge in [-0.15, -0.1) is 0 Å². The molecule has 0 aromatic heterocycles. The van der Waals surface area contributed by atoms with Crippen LogP contribution in [0.15, 0.2) is 30.0 Å². The summed E-state index contributed by atoms with van der Waals surface area (Å²) in [5.74, 6) is -5.20. The predicted octanol–water partition coefficient (Wildman–Crippen LogP) is 1.82. The number of hydrogen-bond donors (Lipinski definition) is 1. The van der Waals surface area contributed by atoms with E-state index in [-0.39, 0.29) is 0 Å². The average molecular weight is 620 g/mol. The number of aliphatic carboxylic acids is 1. The molecule has 12 nitrogen and oxygen atoms in total. The number of carboxylic acid groups (broad SMARTS) is 1. The van der Waals surface area contributed by atoms with Gasteiger partial charge in [-0.1, -0.05) is 12.1 Å². The maximum Gasteiger partial charge on any atom is 0.371 e. The van der Waals surface area contributed by atoms with Gasteiger partial charge in [0.1, 0.15) is 12.7 Å². The molecule has 0 spiro atoms. The molecule has 1 aromatic rings. The summed E-state index contributed by atoms with van der Waals surface area (Å²) in [6.07, 6.45) is -6.13. The first-order chi connectivity index (χ1) is 16.9. The van der Waals surface area contributed by atoms with Crippen molar-refractivity contribution in [3.05, 3.63) is 39.2 Å². The number of carbonyl (C=O) groups is 5. The van der Waals surface area contributed by atoms with E-state index < -0.39 is 72.9 Å². The van der Waals surface area contributed by atoms with Crippen molar-refractivity contribution in [2.45, 2.75) is 58.4 Å². The number of esters is 4. The lowest BCUT2D eigenvalue weighted by atomic mass is 9.98. The van der Waals surface area contributed by atoms with E-state index in [4.69, 9.17) is 28.4 Å². The van der Waals surface area contributed by atoms with E-state index in [1.807, 2.05) is 0 Å². The molecule has 1 aliphatic rings. The van der Waals surface area contributed by atoms with Crippen molar-refractivity contribution >= 4 is 58.5 Å². The SMILES string of the molecule is CC(=O)OC[C@@H]1O[C@H](O/C(=C\c2ccc(I)cc2)C(=O)O)[C@@H](OC(C)=O)[C@H](OC(C)=O)[C@H]1OC(C)=O. The second kappa shape index (κ2) is 13.2.